The summed E-state index contributed by atoms with van der Waals surface area (Å²) in [7, 11) is 0. The van der Waals surface area contributed by atoms with Crippen molar-refractivity contribution in [2.45, 2.75) is 51.6 Å². The Kier molecular flexibility index (Phi) is 8.31. The van der Waals surface area contributed by atoms with Crippen molar-refractivity contribution in [3.05, 3.63) is 12.7 Å². The van der Waals surface area contributed by atoms with Crippen LogP contribution < -0.4 is 5.32 Å². The van der Waals surface area contributed by atoms with E-state index in [0.717, 1.165) is 26.2 Å². The van der Waals surface area contributed by atoms with E-state index in [1.807, 2.05) is 6.08 Å². The second-order valence-electron chi connectivity index (χ2n) is 5.40. The topological polar surface area (TPSA) is 24.5 Å². The van der Waals surface area contributed by atoms with Gasteiger partial charge < -0.3 is 15.0 Å². The van der Waals surface area contributed by atoms with Crippen LogP contribution in [0.3, 0.4) is 0 Å². The van der Waals surface area contributed by atoms with E-state index in [1.165, 1.54) is 32.4 Å². The van der Waals surface area contributed by atoms with E-state index in [0.29, 0.717) is 12.1 Å². The summed E-state index contributed by atoms with van der Waals surface area (Å²) in [5.74, 6) is 0. The van der Waals surface area contributed by atoms with Crippen LogP contribution in [0, 0.1) is 0 Å². The van der Waals surface area contributed by atoms with Crippen LogP contribution in [0.1, 0.15) is 39.5 Å². The molecular weight excluding hydrogens is 224 g/mol. The van der Waals surface area contributed by atoms with Crippen molar-refractivity contribution in [2.75, 3.05) is 32.8 Å². The normalized spacial score (nSPS) is 22.1. The van der Waals surface area contributed by atoms with Gasteiger partial charge in [-0.2, -0.15) is 0 Å². The average Bonchev–Trinajstić information content (AvgIpc) is 2.59. The highest BCUT2D eigenvalue weighted by atomic mass is 16.5. The summed E-state index contributed by atoms with van der Waals surface area (Å²) in [6.45, 7) is 13.3. The third-order valence-corrected chi connectivity index (χ3v) is 3.64. The lowest BCUT2D eigenvalue weighted by Crippen LogP contribution is -2.35. The molecule has 1 N–H and O–H groups in total. The van der Waals surface area contributed by atoms with Gasteiger partial charge in [-0.3, -0.25) is 0 Å². The minimum atomic E-state index is 0.678. The van der Waals surface area contributed by atoms with Crippen molar-refractivity contribution in [2.24, 2.45) is 0 Å². The van der Waals surface area contributed by atoms with Crippen molar-refractivity contribution in [1.29, 1.82) is 0 Å². The molecule has 1 heterocycles. The second kappa shape index (κ2) is 9.54. The van der Waals surface area contributed by atoms with E-state index in [-0.39, 0.29) is 0 Å². The van der Waals surface area contributed by atoms with Crippen LogP contribution in [0.4, 0.5) is 0 Å². The Morgan fingerprint density at radius 2 is 2.17 bits per heavy atom. The molecule has 0 radical (unpaired) electrons. The van der Waals surface area contributed by atoms with Gasteiger partial charge in [0.2, 0.25) is 0 Å². The van der Waals surface area contributed by atoms with Gasteiger partial charge in [0.05, 0.1) is 13.2 Å². The molecule has 0 aromatic rings. The van der Waals surface area contributed by atoms with Gasteiger partial charge in [0.1, 0.15) is 0 Å². The summed E-state index contributed by atoms with van der Waals surface area (Å²) in [6, 6.07) is 1.36. The molecular formula is C15H30N2O. The van der Waals surface area contributed by atoms with Crippen LogP contribution in [0.25, 0.3) is 0 Å². The molecule has 1 fully saturated rings. The summed E-state index contributed by atoms with van der Waals surface area (Å²) in [5, 5.41) is 3.62. The minimum Gasteiger partial charge on any atom is -0.380 e. The molecule has 1 unspecified atom stereocenters. The lowest BCUT2D eigenvalue weighted by molar-refractivity contribution is 0.137. The fourth-order valence-electron chi connectivity index (χ4n) is 2.44. The van der Waals surface area contributed by atoms with Gasteiger partial charge in [-0.1, -0.05) is 6.08 Å². The van der Waals surface area contributed by atoms with Crippen molar-refractivity contribution >= 4 is 0 Å². The third kappa shape index (κ3) is 6.53. The van der Waals surface area contributed by atoms with Gasteiger partial charge in [-0.15, -0.1) is 6.58 Å². The minimum absolute atomic E-state index is 0.678. The molecule has 106 valence electrons. The summed E-state index contributed by atoms with van der Waals surface area (Å²) >= 11 is 0. The largest absolute Gasteiger partial charge is 0.380 e. The molecule has 0 spiro atoms. The van der Waals surface area contributed by atoms with Crippen LogP contribution in [-0.2, 0) is 4.74 Å². The number of nitrogens with one attached hydrogen (secondary N) is 1. The predicted molar refractivity (Wildman–Crippen MR) is 78.0 cm³/mol. The lowest BCUT2D eigenvalue weighted by Gasteiger charge is -2.24. The Balaban J connectivity index is 2.06. The maximum absolute atomic E-state index is 5.51. The van der Waals surface area contributed by atoms with Gasteiger partial charge in [-0.05, 0) is 52.6 Å². The van der Waals surface area contributed by atoms with Gasteiger partial charge in [-0.25, -0.2) is 0 Å². The Hall–Kier alpha value is -0.380. The predicted octanol–water partition coefficient (Wildman–Crippen LogP) is 2.43. The van der Waals surface area contributed by atoms with Crippen molar-refractivity contribution in [3.8, 4) is 0 Å². The van der Waals surface area contributed by atoms with Crippen LogP contribution in [0.5, 0.6) is 0 Å². The number of rotatable bonds is 8. The average molecular weight is 254 g/mol. The quantitative estimate of drug-likeness (QED) is 0.532. The summed E-state index contributed by atoms with van der Waals surface area (Å²) in [4.78, 5) is 2.59. The Morgan fingerprint density at radius 3 is 2.89 bits per heavy atom. The van der Waals surface area contributed by atoms with Crippen LogP contribution in [-0.4, -0.2) is 49.8 Å². The van der Waals surface area contributed by atoms with Crippen molar-refractivity contribution in [1.82, 2.24) is 10.2 Å². The van der Waals surface area contributed by atoms with Gasteiger partial charge >= 0.3 is 0 Å². The van der Waals surface area contributed by atoms with Gasteiger partial charge in [0.25, 0.3) is 0 Å². The highest BCUT2D eigenvalue weighted by Gasteiger charge is 2.17. The molecule has 1 rings (SSSR count). The van der Waals surface area contributed by atoms with E-state index >= 15 is 0 Å². The van der Waals surface area contributed by atoms with E-state index < -0.39 is 0 Å². The van der Waals surface area contributed by atoms with Crippen LogP contribution in [0.2, 0.25) is 0 Å². The van der Waals surface area contributed by atoms with E-state index in [2.05, 4.69) is 30.6 Å². The fraction of sp³-hybridized carbons (Fsp3) is 0.867. The number of likely N-dealkylation sites (tertiary alicyclic amines) is 1. The van der Waals surface area contributed by atoms with Gasteiger partial charge in [0.15, 0.2) is 0 Å². The number of ether oxygens (including phenoxy) is 1. The zero-order valence-corrected chi connectivity index (χ0v) is 12.2. The molecule has 1 aliphatic rings. The summed E-state index contributed by atoms with van der Waals surface area (Å²) < 4.78 is 5.51. The monoisotopic (exact) mass is 254 g/mol. The number of hydrogen-bond donors (Lipinski definition) is 1. The maximum Gasteiger partial charge on any atom is 0.0591 e. The summed E-state index contributed by atoms with van der Waals surface area (Å²) in [6.07, 6.45) is 6.74. The number of nitrogens with zero attached hydrogens (tertiary/aromatic N) is 1. The molecule has 0 aliphatic carbocycles. The fourth-order valence-corrected chi connectivity index (χ4v) is 2.44. The molecule has 18 heavy (non-hydrogen) atoms. The molecule has 0 bridgehead atoms. The highest BCUT2D eigenvalue weighted by Crippen LogP contribution is 2.13. The van der Waals surface area contributed by atoms with Crippen molar-refractivity contribution in [3.63, 3.8) is 0 Å². The van der Waals surface area contributed by atoms with Crippen LogP contribution >= 0.6 is 0 Å². The van der Waals surface area contributed by atoms with Gasteiger partial charge in [0, 0.05) is 18.6 Å². The molecule has 3 nitrogen and oxygen atoms in total. The molecule has 0 saturated carbocycles. The van der Waals surface area contributed by atoms with E-state index in [1.54, 1.807) is 0 Å². The first-order valence-corrected chi connectivity index (χ1v) is 7.40. The zero-order chi connectivity index (χ0) is 13.2. The summed E-state index contributed by atoms with van der Waals surface area (Å²) in [5.41, 5.74) is 0. The second-order valence-corrected chi connectivity index (χ2v) is 5.40. The molecule has 1 aliphatic heterocycles. The number of hydrogen-bond acceptors (Lipinski definition) is 3. The molecule has 0 aromatic carbocycles. The Bertz CT molecular complexity index is 219. The first-order valence-electron chi connectivity index (χ1n) is 7.40. The third-order valence-electron chi connectivity index (χ3n) is 3.64. The van der Waals surface area contributed by atoms with Crippen LogP contribution in [0.15, 0.2) is 12.7 Å². The first kappa shape index (κ1) is 15.7. The zero-order valence-electron chi connectivity index (χ0n) is 12.2. The van der Waals surface area contributed by atoms with E-state index in [4.69, 9.17) is 4.74 Å². The Labute approximate surface area is 113 Å². The maximum atomic E-state index is 5.51. The van der Waals surface area contributed by atoms with E-state index in [9.17, 15) is 0 Å². The SMILES string of the molecule is C=CCCOCCNC1CCCN(C(C)C)CC1. The Morgan fingerprint density at radius 1 is 1.33 bits per heavy atom. The molecule has 3 heteroatoms. The standard InChI is InChI=1S/C15H30N2O/c1-4-5-12-18-13-9-16-15-7-6-10-17(11-8-15)14(2)3/h4,14-16H,1,5-13H2,2-3H3. The lowest BCUT2D eigenvalue weighted by atomic mass is 10.1. The molecule has 0 amide bonds. The molecule has 1 saturated heterocycles. The first-order chi connectivity index (χ1) is 8.74. The molecule has 1 atom stereocenters. The molecule has 0 aromatic heterocycles. The van der Waals surface area contributed by atoms with Crippen molar-refractivity contribution < 1.29 is 4.74 Å². The highest BCUT2D eigenvalue weighted by molar-refractivity contribution is 4.76. The smallest absolute Gasteiger partial charge is 0.0591 e.